The summed E-state index contributed by atoms with van der Waals surface area (Å²) in [7, 11) is 0. The van der Waals surface area contributed by atoms with Gasteiger partial charge in [-0.2, -0.15) is 0 Å². The zero-order valence-corrected chi connectivity index (χ0v) is 17.4. The van der Waals surface area contributed by atoms with Crippen LogP contribution >= 0.6 is 0 Å². The molecule has 0 radical (unpaired) electrons. The van der Waals surface area contributed by atoms with E-state index in [2.05, 4.69) is 70.5 Å². The largest absolute Gasteiger partial charge is 0.379 e. The maximum Gasteiger partial charge on any atom is 0.191 e. The van der Waals surface area contributed by atoms with Gasteiger partial charge in [0.2, 0.25) is 0 Å². The maximum absolute atomic E-state index is 5.43. The van der Waals surface area contributed by atoms with E-state index in [-0.39, 0.29) is 0 Å². The molecule has 0 spiro atoms. The molecule has 2 heterocycles. The summed E-state index contributed by atoms with van der Waals surface area (Å²) in [4.78, 5) is 7.27. The van der Waals surface area contributed by atoms with E-state index in [1.54, 1.807) is 0 Å². The van der Waals surface area contributed by atoms with Gasteiger partial charge < -0.3 is 19.9 Å². The summed E-state index contributed by atoms with van der Waals surface area (Å²) < 4.78 is 7.75. The van der Waals surface area contributed by atoms with Gasteiger partial charge in [-0.1, -0.05) is 25.1 Å². The molecule has 1 saturated heterocycles. The maximum atomic E-state index is 5.43. The fraction of sp³-hybridized carbons (Fsp3) is 0.591. The van der Waals surface area contributed by atoms with Crippen molar-refractivity contribution in [2.45, 2.75) is 26.8 Å². The molecule has 1 aliphatic rings. The summed E-state index contributed by atoms with van der Waals surface area (Å²) in [5.74, 6) is 1.47. The van der Waals surface area contributed by atoms with E-state index in [9.17, 15) is 0 Å². The van der Waals surface area contributed by atoms with Crippen LogP contribution in [0, 0.1) is 5.92 Å². The standard InChI is InChI=1S/C22H35N5O/c1-3-23-22(25-17-19(2)18-26-13-15-28-16-14-26)24-10-6-11-27-12-9-20-7-4-5-8-21(20)27/h4-5,7-9,12,19H,3,6,10-11,13-18H2,1-2H3,(H2,23,24,25). The van der Waals surface area contributed by atoms with Crippen LogP contribution < -0.4 is 10.6 Å². The van der Waals surface area contributed by atoms with Crippen molar-refractivity contribution in [3.05, 3.63) is 36.5 Å². The summed E-state index contributed by atoms with van der Waals surface area (Å²) >= 11 is 0. The molecule has 6 nitrogen and oxygen atoms in total. The Bertz CT molecular complexity index is 735. The number of aryl methyl sites for hydroxylation is 1. The predicted molar refractivity (Wildman–Crippen MR) is 117 cm³/mol. The highest BCUT2D eigenvalue weighted by molar-refractivity contribution is 5.80. The van der Waals surface area contributed by atoms with Crippen molar-refractivity contribution in [2.24, 2.45) is 10.9 Å². The van der Waals surface area contributed by atoms with Crippen molar-refractivity contribution < 1.29 is 4.74 Å². The average Bonchev–Trinajstić information content (AvgIpc) is 3.13. The van der Waals surface area contributed by atoms with Crippen molar-refractivity contribution in [1.82, 2.24) is 20.1 Å². The Hall–Kier alpha value is -2.05. The zero-order valence-electron chi connectivity index (χ0n) is 17.4. The molecule has 3 rings (SSSR count). The van der Waals surface area contributed by atoms with Crippen LogP contribution in [-0.4, -0.2) is 67.9 Å². The second-order valence-electron chi connectivity index (χ2n) is 7.59. The van der Waals surface area contributed by atoms with E-state index >= 15 is 0 Å². The molecule has 2 N–H and O–H groups in total. The molecule has 1 atom stereocenters. The lowest BCUT2D eigenvalue weighted by atomic mass is 10.1. The third kappa shape index (κ3) is 6.24. The molecule has 28 heavy (non-hydrogen) atoms. The molecule has 6 heteroatoms. The normalized spacial score (nSPS) is 17.0. The van der Waals surface area contributed by atoms with Crippen LogP contribution in [0.5, 0.6) is 0 Å². The fourth-order valence-electron chi connectivity index (χ4n) is 3.66. The molecular formula is C22H35N5O. The molecule has 1 aromatic carbocycles. The minimum absolute atomic E-state index is 0.541. The van der Waals surface area contributed by atoms with Crippen molar-refractivity contribution in [2.75, 3.05) is 52.5 Å². The second-order valence-corrected chi connectivity index (χ2v) is 7.59. The topological polar surface area (TPSA) is 53.8 Å². The molecule has 1 aromatic heterocycles. The number of nitrogens with one attached hydrogen (secondary N) is 2. The van der Waals surface area contributed by atoms with Gasteiger partial charge in [0.1, 0.15) is 0 Å². The summed E-state index contributed by atoms with van der Waals surface area (Å²) in [6.07, 6.45) is 3.24. The number of morpholine rings is 1. The molecule has 1 aliphatic heterocycles. The van der Waals surface area contributed by atoms with Crippen LogP contribution in [0.2, 0.25) is 0 Å². The number of hydrogen-bond donors (Lipinski definition) is 2. The molecule has 154 valence electrons. The van der Waals surface area contributed by atoms with E-state index < -0.39 is 0 Å². The van der Waals surface area contributed by atoms with Gasteiger partial charge in [-0.25, -0.2) is 0 Å². The number of ether oxygens (including phenoxy) is 1. The molecule has 0 bridgehead atoms. The van der Waals surface area contributed by atoms with E-state index in [1.165, 1.54) is 10.9 Å². The minimum Gasteiger partial charge on any atom is -0.379 e. The van der Waals surface area contributed by atoms with Crippen LogP contribution in [0.4, 0.5) is 0 Å². The molecule has 0 aliphatic carbocycles. The summed E-state index contributed by atoms with van der Waals surface area (Å²) in [5, 5.41) is 8.15. The number of fused-ring (bicyclic) bond motifs is 1. The Kier molecular flexibility index (Phi) is 8.18. The smallest absolute Gasteiger partial charge is 0.191 e. The second kappa shape index (κ2) is 11.1. The van der Waals surface area contributed by atoms with E-state index in [4.69, 9.17) is 9.73 Å². The number of aliphatic imine (C=N–C) groups is 1. The lowest BCUT2D eigenvalue weighted by Crippen LogP contribution is -2.40. The quantitative estimate of drug-likeness (QED) is 0.396. The number of rotatable bonds is 9. The third-order valence-electron chi connectivity index (χ3n) is 5.13. The van der Waals surface area contributed by atoms with Gasteiger partial charge in [-0.3, -0.25) is 9.89 Å². The van der Waals surface area contributed by atoms with Gasteiger partial charge in [0, 0.05) is 57.5 Å². The molecule has 0 saturated carbocycles. The summed E-state index contributed by atoms with van der Waals surface area (Å²) in [6.45, 7) is 12.9. The molecule has 2 aromatic rings. The number of para-hydroxylation sites is 1. The van der Waals surface area contributed by atoms with E-state index in [0.29, 0.717) is 5.92 Å². The summed E-state index contributed by atoms with van der Waals surface area (Å²) in [6, 6.07) is 10.7. The van der Waals surface area contributed by atoms with Crippen LogP contribution in [0.1, 0.15) is 20.3 Å². The predicted octanol–water partition coefficient (Wildman–Crippen LogP) is 2.55. The van der Waals surface area contributed by atoms with Crippen LogP contribution in [0.3, 0.4) is 0 Å². The van der Waals surface area contributed by atoms with Gasteiger partial charge >= 0.3 is 0 Å². The van der Waals surface area contributed by atoms with E-state index in [1.807, 2.05) is 0 Å². The number of nitrogens with zero attached hydrogens (tertiary/aromatic N) is 3. The van der Waals surface area contributed by atoms with Gasteiger partial charge in [-0.15, -0.1) is 0 Å². The van der Waals surface area contributed by atoms with Crippen molar-refractivity contribution >= 4 is 16.9 Å². The third-order valence-corrected chi connectivity index (χ3v) is 5.13. The average molecular weight is 386 g/mol. The van der Waals surface area contributed by atoms with Gasteiger partial charge in [0.05, 0.1) is 13.2 Å². The monoisotopic (exact) mass is 385 g/mol. The van der Waals surface area contributed by atoms with Crippen molar-refractivity contribution in [3.8, 4) is 0 Å². The molecule has 1 fully saturated rings. The SMILES string of the molecule is CCNC(=NCC(C)CN1CCOCC1)NCCCn1ccc2ccccc21. The highest BCUT2D eigenvalue weighted by Gasteiger charge is 2.13. The van der Waals surface area contributed by atoms with Crippen molar-refractivity contribution in [1.29, 1.82) is 0 Å². The Balaban J connectivity index is 1.41. The first-order valence-corrected chi connectivity index (χ1v) is 10.6. The van der Waals surface area contributed by atoms with Crippen LogP contribution in [0.15, 0.2) is 41.5 Å². The lowest BCUT2D eigenvalue weighted by Gasteiger charge is -2.28. The first-order chi connectivity index (χ1) is 13.8. The van der Waals surface area contributed by atoms with Gasteiger partial charge in [-0.05, 0) is 36.8 Å². The number of benzene rings is 1. The van der Waals surface area contributed by atoms with Gasteiger partial charge in [0.15, 0.2) is 5.96 Å². The Morgan fingerprint density at radius 1 is 1.18 bits per heavy atom. The van der Waals surface area contributed by atoms with E-state index in [0.717, 1.165) is 71.4 Å². The number of hydrogen-bond acceptors (Lipinski definition) is 3. The number of aromatic nitrogens is 1. The highest BCUT2D eigenvalue weighted by Crippen LogP contribution is 2.15. The highest BCUT2D eigenvalue weighted by atomic mass is 16.5. The zero-order chi connectivity index (χ0) is 19.6. The first kappa shape index (κ1) is 20.7. The Morgan fingerprint density at radius 3 is 2.82 bits per heavy atom. The van der Waals surface area contributed by atoms with Crippen LogP contribution in [0.25, 0.3) is 10.9 Å². The Morgan fingerprint density at radius 2 is 2.00 bits per heavy atom. The van der Waals surface area contributed by atoms with Crippen molar-refractivity contribution in [3.63, 3.8) is 0 Å². The lowest BCUT2D eigenvalue weighted by molar-refractivity contribution is 0.0323. The molecule has 0 amide bonds. The minimum atomic E-state index is 0.541. The molecular weight excluding hydrogens is 350 g/mol. The number of guanidine groups is 1. The Labute approximate surface area is 169 Å². The first-order valence-electron chi connectivity index (χ1n) is 10.6. The molecule has 1 unspecified atom stereocenters. The van der Waals surface area contributed by atoms with Gasteiger partial charge in [0.25, 0.3) is 0 Å². The summed E-state index contributed by atoms with van der Waals surface area (Å²) in [5.41, 5.74) is 1.31. The van der Waals surface area contributed by atoms with Crippen LogP contribution in [-0.2, 0) is 11.3 Å². The fourth-order valence-corrected chi connectivity index (χ4v) is 3.66.